The number of esters is 2. The Kier molecular flexibility index (Phi) is 6.97. The molecule has 1 heterocycles. The number of alkyl halides is 3. The second-order valence-corrected chi connectivity index (χ2v) is 6.20. The Balaban J connectivity index is 1.78. The average molecular weight is 429 g/mol. The van der Waals surface area contributed by atoms with E-state index in [2.05, 4.69) is 15.4 Å². The van der Waals surface area contributed by atoms with Gasteiger partial charge in [-0.3, -0.25) is 15.0 Å². The van der Waals surface area contributed by atoms with Gasteiger partial charge in [0.2, 0.25) is 5.91 Å². The van der Waals surface area contributed by atoms with Gasteiger partial charge < -0.3 is 26.0 Å². The first-order valence-electron chi connectivity index (χ1n) is 8.61. The molecule has 1 fully saturated rings. The van der Waals surface area contributed by atoms with Crippen LogP contribution in [0.15, 0.2) is 24.3 Å². The number of urea groups is 1. The van der Waals surface area contributed by atoms with Gasteiger partial charge in [0.25, 0.3) is 0 Å². The molecule has 0 unspecified atom stereocenters. The van der Waals surface area contributed by atoms with Crippen LogP contribution in [0.4, 0.5) is 23.7 Å². The van der Waals surface area contributed by atoms with Crippen molar-refractivity contribution in [3.8, 4) is 0 Å². The molecule has 1 aliphatic heterocycles. The fourth-order valence-electron chi connectivity index (χ4n) is 2.59. The van der Waals surface area contributed by atoms with E-state index in [9.17, 15) is 32.3 Å². The lowest BCUT2D eigenvalue weighted by Crippen LogP contribution is -2.46. The summed E-state index contributed by atoms with van der Waals surface area (Å²) in [6, 6.07) is 4.76. The van der Waals surface area contributed by atoms with Gasteiger partial charge in [-0.1, -0.05) is 0 Å². The summed E-state index contributed by atoms with van der Waals surface area (Å²) >= 11 is 0. The number of nitrogens with one attached hydrogen (secondary N) is 3. The first-order valence-corrected chi connectivity index (χ1v) is 8.61. The molecule has 0 bridgehead atoms. The Labute approximate surface area is 168 Å². The highest BCUT2D eigenvalue weighted by atomic mass is 19.4. The summed E-state index contributed by atoms with van der Waals surface area (Å²) < 4.78 is 39.5. The number of ether oxygens (including phenoxy) is 1. The van der Waals surface area contributed by atoms with E-state index >= 15 is 0 Å². The zero-order valence-electron chi connectivity index (χ0n) is 15.4. The van der Waals surface area contributed by atoms with E-state index in [4.69, 9.17) is 11.1 Å². The van der Waals surface area contributed by atoms with Crippen molar-refractivity contribution < 1.29 is 37.1 Å². The van der Waals surface area contributed by atoms with Crippen LogP contribution in [0, 0.1) is 5.41 Å². The first-order chi connectivity index (χ1) is 14.0. The number of nitrogen functional groups attached to an aromatic ring is 1. The quantitative estimate of drug-likeness (QED) is 0.222. The number of anilines is 1. The van der Waals surface area contributed by atoms with E-state index < -0.39 is 43.2 Å². The number of hydrogen-bond acceptors (Lipinski definition) is 6. The Hall–Kier alpha value is -3.64. The Morgan fingerprint density at radius 1 is 1.23 bits per heavy atom. The van der Waals surface area contributed by atoms with Crippen molar-refractivity contribution in [2.45, 2.75) is 25.1 Å². The second kappa shape index (κ2) is 9.24. The van der Waals surface area contributed by atoms with E-state index in [0.29, 0.717) is 24.2 Å². The van der Waals surface area contributed by atoms with Gasteiger partial charge in [0.1, 0.15) is 11.9 Å². The highest BCUT2D eigenvalue weighted by Gasteiger charge is 2.42. The van der Waals surface area contributed by atoms with Gasteiger partial charge in [-0.05, 0) is 30.7 Å². The van der Waals surface area contributed by atoms with Crippen LogP contribution in [0.25, 0.3) is 0 Å². The molecule has 1 aromatic carbocycles. The molecule has 5 N–H and O–H groups in total. The van der Waals surface area contributed by atoms with Crippen LogP contribution in [0.2, 0.25) is 0 Å². The molecule has 13 heteroatoms. The molecule has 0 aliphatic carbocycles. The van der Waals surface area contributed by atoms with Crippen LogP contribution in [0.5, 0.6) is 0 Å². The van der Waals surface area contributed by atoms with Crippen molar-refractivity contribution >= 4 is 35.4 Å². The molecule has 1 atom stereocenters. The van der Waals surface area contributed by atoms with Crippen molar-refractivity contribution in [2.24, 2.45) is 5.73 Å². The van der Waals surface area contributed by atoms with Gasteiger partial charge in [0.15, 0.2) is 0 Å². The lowest BCUT2D eigenvalue weighted by atomic mass is 10.2. The van der Waals surface area contributed by atoms with Gasteiger partial charge >= 0.3 is 24.1 Å². The van der Waals surface area contributed by atoms with Crippen LogP contribution >= 0.6 is 0 Å². The minimum atomic E-state index is -5.29. The molecule has 30 heavy (non-hydrogen) atoms. The Morgan fingerprint density at radius 2 is 1.87 bits per heavy atom. The van der Waals surface area contributed by atoms with E-state index in [0.717, 1.165) is 0 Å². The fourth-order valence-corrected chi connectivity index (χ4v) is 2.59. The molecule has 0 saturated carbocycles. The molecule has 1 aromatic rings. The van der Waals surface area contributed by atoms with Crippen molar-refractivity contribution in [3.63, 3.8) is 0 Å². The third-order valence-electron chi connectivity index (χ3n) is 4.05. The van der Waals surface area contributed by atoms with Crippen LogP contribution < -0.4 is 21.3 Å². The summed E-state index contributed by atoms with van der Waals surface area (Å²) in [5.41, 5.74) is 6.43. The molecule has 0 aromatic heterocycles. The number of carbonyl (C=O) groups excluding carboxylic acids is 4. The predicted octanol–water partition coefficient (Wildman–Crippen LogP) is 0.397. The number of hydrogen-bond donors (Lipinski definition) is 4. The molecule has 2 rings (SSSR count). The molecule has 0 spiro atoms. The maximum absolute atomic E-state index is 12.5. The minimum absolute atomic E-state index is 0.114. The van der Waals surface area contributed by atoms with Crippen molar-refractivity contribution in [1.29, 1.82) is 5.41 Å². The summed E-state index contributed by atoms with van der Waals surface area (Å²) in [7, 11) is 0. The maximum Gasteiger partial charge on any atom is 0.491 e. The number of benzene rings is 1. The third-order valence-corrected chi connectivity index (χ3v) is 4.05. The largest absolute Gasteiger partial charge is 0.491 e. The zero-order valence-corrected chi connectivity index (χ0v) is 15.4. The molecule has 3 amide bonds. The molecule has 162 valence electrons. The lowest BCUT2D eigenvalue weighted by Gasteiger charge is -2.17. The molecular formula is C17H18F3N5O5. The summed E-state index contributed by atoms with van der Waals surface area (Å²) in [4.78, 5) is 47.4. The topological polar surface area (TPSA) is 155 Å². The number of carbonyl (C=O) groups is 4. The molecule has 10 nitrogen and oxygen atoms in total. The second-order valence-electron chi connectivity index (χ2n) is 6.20. The summed E-state index contributed by atoms with van der Waals surface area (Å²) in [6.45, 7) is -0.0674. The third kappa shape index (κ3) is 5.93. The lowest BCUT2D eigenvalue weighted by molar-refractivity contribution is -0.201. The average Bonchev–Trinajstić information content (AvgIpc) is 3.01. The minimum Gasteiger partial charge on any atom is -0.386 e. The Morgan fingerprint density at radius 3 is 2.43 bits per heavy atom. The SMILES string of the molecule is N=C(N)c1ccc(N2CC[C@H](NC(=O)NCCC(=O)OC(=O)C(F)(F)F)C2=O)cc1. The van der Waals surface area contributed by atoms with Gasteiger partial charge in [-0.15, -0.1) is 0 Å². The highest BCUT2D eigenvalue weighted by molar-refractivity contribution is 6.02. The van der Waals surface area contributed by atoms with E-state index in [1.807, 2.05) is 0 Å². The highest BCUT2D eigenvalue weighted by Crippen LogP contribution is 2.22. The van der Waals surface area contributed by atoms with Crippen LogP contribution in [-0.4, -0.2) is 55.0 Å². The number of amides is 3. The van der Waals surface area contributed by atoms with Crippen LogP contribution in [0.1, 0.15) is 18.4 Å². The van der Waals surface area contributed by atoms with Gasteiger partial charge in [-0.2, -0.15) is 13.2 Å². The normalized spacial score (nSPS) is 16.2. The molecule has 1 saturated heterocycles. The van der Waals surface area contributed by atoms with Crippen LogP contribution in [-0.2, 0) is 19.1 Å². The number of nitrogens with zero attached hydrogens (tertiary/aromatic N) is 1. The van der Waals surface area contributed by atoms with Crippen LogP contribution in [0.3, 0.4) is 0 Å². The smallest absolute Gasteiger partial charge is 0.386 e. The number of halogens is 3. The van der Waals surface area contributed by atoms with Gasteiger partial charge in [0, 0.05) is 24.3 Å². The number of rotatable bonds is 6. The van der Waals surface area contributed by atoms with Crippen molar-refractivity contribution in [2.75, 3.05) is 18.0 Å². The molecule has 1 aliphatic rings. The van der Waals surface area contributed by atoms with E-state index in [-0.39, 0.29) is 11.7 Å². The van der Waals surface area contributed by atoms with E-state index in [1.54, 1.807) is 24.3 Å². The predicted molar refractivity (Wildman–Crippen MR) is 96.5 cm³/mol. The maximum atomic E-state index is 12.5. The first kappa shape index (κ1) is 22.6. The van der Waals surface area contributed by atoms with Crippen molar-refractivity contribution in [1.82, 2.24) is 10.6 Å². The monoisotopic (exact) mass is 429 g/mol. The van der Waals surface area contributed by atoms with E-state index in [1.165, 1.54) is 4.90 Å². The zero-order chi connectivity index (χ0) is 22.5. The standard InChI is InChI=1S/C17H18F3N5O5/c18-17(19,20)15(28)30-12(26)5-7-23-16(29)24-11-6-8-25(14(11)27)10-3-1-9(2-4-10)13(21)22/h1-4,11H,5-8H2,(H3,21,22)(H2,23,24,29)/t11-/m0/s1. The Bertz CT molecular complexity index is 856. The summed E-state index contributed by atoms with van der Waals surface area (Å²) in [5, 5.41) is 12.0. The van der Waals surface area contributed by atoms with Crippen molar-refractivity contribution in [3.05, 3.63) is 29.8 Å². The fraction of sp³-hybridized carbons (Fsp3) is 0.353. The summed E-state index contributed by atoms with van der Waals surface area (Å²) in [5.74, 6) is -4.58. The number of nitrogens with two attached hydrogens (primary N) is 1. The van der Waals surface area contributed by atoms with Gasteiger partial charge in [0.05, 0.1) is 6.42 Å². The molecular weight excluding hydrogens is 411 g/mol. The van der Waals surface area contributed by atoms with Gasteiger partial charge in [-0.25, -0.2) is 9.59 Å². The molecule has 0 radical (unpaired) electrons. The summed E-state index contributed by atoms with van der Waals surface area (Å²) in [6.07, 6.45) is -5.65. The number of amidine groups is 1.